The van der Waals surface area contributed by atoms with Crippen molar-refractivity contribution in [3.63, 3.8) is 0 Å². The molecule has 2 saturated heterocycles. The van der Waals surface area contributed by atoms with Crippen LogP contribution in [0.15, 0.2) is 18.2 Å². The number of benzene rings is 1. The van der Waals surface area contributed by atoms with E-state index in [2.05, 4.69) is 33.2 Å². The Kier molecular flexibility index (Phi) is 3.80. The van der Waals surface area contributed by atoms with Crippen LogP contribution in [0.2, 0.25) is 0 Å². The van der Waals surface area contributed by atoms with Crippen LogP contribution in [0.4, 0.5) is 0 Å². The van der Waals surface area contributed by atoms with Gasteiger partial charge in [0.2, 0.25) is 0 Å². The van der Waals surface area contributed by atoms with Crippen LogP contribution >= 0.6 is 22.6 Å². The Hall–Kier alpha value is -0.620. The number of carbonyl (C=O) groups excluding carboxylic acids is 1. The van der Waals surface area contributed by atoms with Gasteiger partial charge in [-0.25, -0.2) is 0 Å². The molecule has 0 aliphatic carbocycles. The van der Waals surface area contributed by atoms with Crippen LogP contribution in [0.5, 0.6) is 0 Å². The van der Waals surface area contributed by atoms with E-state index in [1.54, 1.807) is 0 Å². The zero-order chi connectivity index (χ0) is 13.4. The van der Waals surface area contributed by atoms with Crippen LogP contribution < -0.4 is 10.6 Å². The molecule has 3 rings (SSSR count). The van der Waals surface area contributed by atoms with Gasteiger partial charge in [0.25, 0.3) is 5.91 Å². The summed E-state index contributed by atoms with van der Waals surface area (Å²) in [6.07, 6.45) is 4.67. The predicted molar refractivity (Wildman–Crippen MR) is 84.3 cm³/mol. The first kappa shape index (κ1) is 13.4. The molecule has 0 spiro atoms. The van der Waals surface area contributed by atoms with Gasteiger partial charge in [-0.2, -0.15) is 0 Å². The lowest BCUT2D eigenvalue weighted by atomic mass is 9.99. The smallest absolute Gasteiger partial charge is 0.252 e. The lowest BCUT2D eigenvalue weighted by Gasteiger charge is -2.29. The molecule has 1 amide bonds. The number of rotatable bonds is 2. The number of halogens is 1. The number of aryl methyl sites for hydroxylation is 1. The highest BCUT2D eigenvalue weighted by Gasteiger charge is 2.34. The van der Waals surface area contributed by atoms with Crippen LogP contribution in [0.25, 0.3) is 0 Å². The third kappa shape index (κ3) is 2.79. The highest BCUT2D eigenvalue weighted by Crippen LogP contribution is 2.27. The second-order valence-corrected chi connectivity index (χ2v) is 6.79. The fourth-order valence-corrected chi connectivity index (χ4v) is 3.87. The van der Waals surface area contributed by atoms with Gasteiger partial charge in [-0.3, -0.25) is 4.79 Å². The Balaban J connectivity index is 1.70. The van der Waals surface area contributed by atoms with Gasteiger partial charge >= 0.3 is 0 Å². The predicted octanol–water partition coefficient (Wildman–Crippen LogP) is 2.61. The summed E-state index contributed by atoms with van der Waals surface area (Å²) in [6.45, 7) is 2.04. The van der Waals surface area contributed by atoms with E-state index >= 15 is 0 Å². The topological polar surface area (TPSA) is 41.1 Å². The van der Waals surface area contributed by atoms with Crippen LogP contribution in [-0.4, -0.2) is 24.0 Å². The number of carbonyl (C=O) groups is 1. The van der Waals surface area contributed by atoms with Crippen molar-refractivity contribution in [3.8, 4) is 0 Å². The molecule has 1 aromatic carbocycles. The Bertz CT molecular complexity index is 491. The zero-order valence-electron chi connectivity index (χ0n) is 11.1. The van der Waals surface area contributed by atoms with Crippen LogP contribution in [0.1, 0.15) is 41.6 Å². The van der Waals surface area contributed by atoms with Crippen molar-refractivity contribution in [3.05, 3.63) is 32.9 Å². The number of piperidine rings is 1. The Morgan fingerprint density at radius 3 is 2.68 bits per heavy atom. The molecule has 2 heterocycles. The fourth-order valence-electron chi connectivity index (χ4n) is 3.26. The van der Waals surface area contributed by atoms with E-state index < -0.39 is 0 Å². The van der Waals surface area contributed by atoms with Crippen molar-refractivity contribution in [2.45, 2.75) is 50.7 Å². The first-order valence-corrected chi connectivity index (χ1v) is 8.03. The summed E-state index contributed by atoms with van der Waals surface area (Å²) >= 11 is 2.26. The van der Waals surface area contributed by atoms with E-state index in [0.29, 0.717) is 18.1 Å². The summed E-state index contributed by atoms with van der Waals surface area (Å²) < 4.78 is 1.06. The summed E-state index contributed by atoms with van der Waals surface area (Å²) in [5.74, 6) is 0.0828. The summed E-state index contributed by atoms with van der Waals surface area (Å²) in [6, 6.07) is 7.48. The second kappa shape index (κ2) is 5.40. The molecule has 2 fully saturated rings. The summed E-state index contributed by atoms with van der Waals surface area (Å²) in [5.41, 5.74) is 1.98. The van der Waals surface area contributed by atoms with E-state index in [1.807, 2.05) is 25.1 Å². The number of hydrogen-bond acceptors (Lipinski definition) is 2. The quantitative estimate of drug-likeness (QED) is 0.786. The minimum absolute atomic E-state index is 0.0828. The Morgan fingerprint density at radius 2 is 2.00 bits per heavy atom. The molecular weight excluding hydrogens is 351 g/mol. The van der Waals surface area contributed by atoms with Gasteiger partial charge < -0.3 is 10.6 Å². The zero-order valence-corrected chi connectivity index (χ0v) is 13.2. The highest BCUT2D eigenvalue weighted by molar-refractivity contribution is 14.1. The molecule has 0 radical (unpaired) electrons. The average Bonchev–Trinajstić information content (AvgIpc) is 2.72. The van der Waals surface area contributed by atoms with E-state index in [0.717, 1.165) is 22.0 Å². The monoisotopic (exact) mass is 370 g/mol. The van der Waals surface area contributed by atoms with Crippen molar-refractivity contribution >= 4 is 28.5 Å². The van der Waals surface area contributed by atoms with Gasteiger partial charge in [0.15, 0.2) is 0 Å². The first-order valence-electron chi connectivity index (χ1n) is 6.95. The third-order valence-electron chi connectivity index (χ3n) is 4.24. The maximum absolute atomic E-state index is 12.4. The van der Waals surface area contributed by atoms with E-state index in [9.17, 15) is 4.79 Å². The standard InChI is InChI=1S/C15H19IN2O/c1-9-3-2-4-13(14(9)16)15(19)18-12-7-10-5-6-11(8-12)17-10/h2-4,10-12,17H,5-8H2,1H3,(H,18,19). The number of fused-ring (bicyclic) bond motifs is 2. The highest BCUT2D eigenvalue weighted by atomic mass is 127. The summed E-state index contributed by atoms with van der Waals surface area (Å²) in [7, 11) is 0. The first-order chi connectivity index (χ1) is 9.13. The van der Waals surface area contributed by atoms with Crippen LogP contribution in [0.3, 0.4) is 0 Å². The van der Waals surface area contributed by atoms with Crippen LogP contribution in [0, 0.1) is 10.5 Å². The van der Waals surface area contributed by atoms with Gasteiger partial charge in [-0.1, -0.05) is 12.1 Å². The molecule has 2 aliphatic heterocycles. The Morgan fingerprint density at radius 1 is 1.32 bits per heavy atom. The van der Waals surface area contributed by atoms with Crippen molar-refractivity contribution < 1.29 is 4.79 Å². The molecule has 2 aliphatic rings. The molecule has 102 valence electrons. The molecule has 19 heavy (non-hydrogen) atoms. The largest absolute Gasteiger partial charge is 0.349 e. The van der Waals surface area contributed by atoms with Gasteiger partial charge in [0.1, 0.15) is 0 Å². The molecule has 2 N–H and O–H groups in total. The van der Waals surface area contributed by atoms with Crippen molar-refractivity contribution in [2.75, 3.05) is 0 Å². The minimum atomic E-state index is 0.0828. The SMILES string of the molecule is Cc1cccc(C(=O)NC2CC3CCC(C2)N3)c1I. The molecule has 2 unspecified atom stereocenters. The number of hydrogen-bond donors (Lipinski definition) is 2. The Labute approximate surface area is 127 Å². The molecule has 1 aromatic rings. The summed E-state index contributed by atoms with van der Waals surface area (Å²) in [5, 5.41) is 6.82. The average molecular weight is 370 g/mol. The maximum atomic E-state index is 12.4. The third-order valence-corrected chi connectivity index (χ3v) is 5.68. The molecule has 4 heteroatoms. The van der Waals surface area contributed by atoms with Crippen molar-refractivity contribution in [1.82, 2.24) is 10.6 Å². The fraction of sp³-hybridized carbons (Fsp3) is 0.533. The number of nitrogens with one attached hydrogen (secondary N) is 2. The lowest BCUT2D eigenvalue weighted by Crippen LogP contribution is -2.48. The maximum Gasteiger partial charge on any atom is 0.252 e. The molecule has 2 atom stereocenters. The van der Waals surface area contributed by atoms with E-state index in [-0.39, 0.29) is 5.91 Å². The van der Waals surface area contributed by atoms with Gasteiger partial charge in [-0.05, 0) is 66.8 Å². The second-order valence-electron chi connectivity index (χ2n) is 5.72. The van der Waals surface area contributed by atoms with E-state index in [4.69, 9.17) is 0 Å². The normalized spacial score (nSPS) is 29.3. The summed E-state index contributed by atoms with van der Waals surface area (Å²) in [4.78, 5) is 12.4. The van der Waals surface area contributed by atoms with Crippen molar-refractivity contribution in [1.29, 1.82) is 0 Å². The molecular formula is C15H19IN2O. The van der Waals surface area contributed by atoms with E-state index in [1.165, 1.54) is 18.4 Å². The minimum Gasteiger partial charge on any atom is -0.349 e. The lowest BCUT2D eigenvalue weighted by molar-refractivity contribution is 0.0923. The van der Waals surface area contributed by atoms with Crippen LogP contribution in [-0.2, 0) is 0 Å². The number of amides is 1. The molecule has 0 aromatic heterocycles. The van der Waals surface area contributed by atoms with Gasteiger partial charge in [0.05, 0.1) is 5.56 Å². The molecule has 0 saturated carbocycles. The van der Waals surface area contributed by atoms with Gasteiger partial charge in [0, 0.05) is 21.7 Å². The molecule has 2 bridgehead atoms. The van der Waals surface area contributed by atoms with Crippen molar-refractivity contribution in [2.24, 2.45) is 0 Å². The van der Waals surface area contributed by atoms with Gasteiger partial charge in [-0.15, -0.1) is 0 Å². The molecule has 3 nitrogen and oxygen atoms in total.